The fraction of sp³-hybridized carbons (Fsp3) is 0.312. The maximum Gasteiger partial charge on any atom is 0.133 e. The van der Waals surface area contributed by atoms with Gasteiger partial charge in [0.2, 0.25) is 0 Å². The first kappa shape index (κ1) is 13.4. The average molecular weight is 256 g/mol. The second-order valence-electron chi connectivity index (χ2n) is 4.79. The number of pyridine rings is 1. The highest BCUT2D eigenvalue weighted by molar-refractivity contribution is 5.45. The van der Waals surface area contributed by atoms with Gasteiger partial charge in [-0.05, 0) is 42.2 Å². The maximum atomic E-state index is 9.16. The molecule has 1 atom stereocenters. The number of hydrogen-bond donors (Lipinski definition) is 2. The first-order valence-corrected chi connectivity index (χ1v) is 6.66. The lowest BCUT2D eigenvalue weighted by molar-refractivity contribution is 0.472. The number of nitrogens with zero attached hydrogens (tertiary/aromatic N) is 1. The minimum atomic E-state index is 0.196. The highest BCUT2D eigenvalue weighted by Crippen LogP contribution is 2.20. The van der Waals surface area contributed by atoms with Gasteiger partial charge in [-0.15, -0.1) is 0 Å². The Hall–Kier alpha value is -2.03. The molecule has 0 aliphatic carbocycles. The summed E-state index contributed by atoms with van der Waals surface area (Å²) in [6.45, 7) is 5.10. The zero-order valence-electron chi connectivity index (χ0n) is 11.4. The third-order valence-electron chi connectivity index (χ3n) is 3.37. The van der Waals surface area contributed by atoms with E-state index in [1.807, 2.05) is 6.07 Å². The topological polar surface area (TPSA) is 45.1 Å². The minimum absolute atomic E-state index is 0.196. The third kappa shape index (κ3) is 3.71. The van der Waals surface area contributed by atoms with Crippen molar-refractivity contribution in [2.24, 2.45) is 0 Å². The van der Waals surface area contributed by atoms with Gasteiger partial charge in [0.25, 0.3) is 0 Å². The lowest BCUT2D eigenvalue weighted by Crippen LogP contribution is -2.01. The summed E-state index contributed by atoms with van der Waals surface area (Å²) < 4.78 is 0. The molecule has 1 heterocycles. The average Bonchev–Trinajstić information content (AvgIpc) is 2.46. The van der Waals surface area contributed by atoms with E-state index in [0.717, 1.165) is 17.8 Å². The lowest BCUT2D eigenvalue weighted by atomic mass is 9.99. The number of rotatable bonds is 5. The molecule has 2 rings (SSSR count). The summed E-state index contributed by atoms with van der Waals surface area (Å²) in [5.41, 5.74) is 3.36. The summed E-state index contributed by atoms with van der Waals surface area (Å²) in [7, 11) is 0. The molecule has 3 heteroatoms. The Balaban J connectivity index is 1.94. The van der Waals surface area contributed by atoms with Gasteiger partial charge >= 0.3 is 0 Å². The number of nitrogens with one attached hydrogen (secondary N) is 1. The summed E-state index contributed by atoms with van der Waals surface area (Å²) in [5, 5.41) is 12.5. The van der Waals surface area contributed by atoms with Crippen LogP contribution in [0.4, 0.5) is 5.69 Å². The molecule has 2 aromatic rings. The van der Waals surface area contributed by atoms with E-state index in [4.69, 9.17) is 5.11 Å². The molecule has 0 spiro atoms. The molecule has 0 bridgehead atoms. The molecule has 1 aromatic carbocycles. The van der Waals surface area contributed by atoms with Crippen molar-refractivity contribution in [1.29, 1.82) is 0 Å². The standard InChI is InChI=1S/C16H20N2O/c1-3-12(2)13-4-6-14(7-5-13)17-10-15-8-9-16(19)11-18-15/h4-9,11-12,17,19H,3,10H2,1-2H3. The maximum absolute atomic E-state index is 9.16. The van der Waals surface area contributed by atoms with Gasteiger partial charge in [-0.1, -0.05) is 26.0 Å². The van der Waals surface area contributed by atoms with E-state index in [1.54, 1.807) is 6.07 Å². The van der Waals surface area contributed by atoms with Crippen molar-refractivity contribution in [3.8, 4) is 5.75 Å². The van der Waals surface area contributed by atoms with Crippen molar-refractivity contribution < 1.29 is 5.11 Å². The molecule has 3 nitrogen and oxygen atoms in total. The van der Waals surface area contributed by atoms with E-state index in [1.165, 1.54) is 11.8 Å². The number of benzene rings is 1. The van der Waals surface area contributed by atoms with E-state index in [2.05, 4.69) is 48.4 Å². The third-order valence-corrected chi connectivity index (χ3v) is 3.37. The van der Waals surface area contributed by atoms with Crippen LogP contribution in [-0.2, 0) is 6.54 Å². The molecule has 100 valence electrons. The molecule has 19 heavy (non-hydrogen) atoms. The van der Waals surface area contributed by atoms with Crippen LogP contribution < -0.4 is 5.32 Å². The Morgan fingerprint density at radius 2 is 1.89 bits per heavy atom. The fourth-order valence-electron chi connectivity index (χ4n) is 1.88. The zero-order chi connectivity index (χ0) is 13.7. The lowest BCUT2D eigenvalue weighted by Gasteiger charge is -2.11. The Bertz CT molecular complexity index is 505. The number of aromatic hydroxyl groups is 1. The summed E-state index contributed by atoms with van der Waals surface area (Å²) in [6, 6.07) is 12.0. The Morgan fingerprint density at radius 3 is 2.47 bits per heavy atom. The number of aromatic nitrogens is 1. The van der Waals surface area contributed by atoms with E-state index in [9.17, 15) is 0 Å². The van der Waals surface area contributed by atoms with Gasteiger partial charge in [0, 0.05) is 5.69 Å². The molecule has 0 radical (unpaired) electrons. The second kappa shape index (κ2) is 6.23. The van der Waals surface area contributed by atoms with Crippen LogP contribution in [0.3, 0.4) is 0 Å². The largest absolute Gasteiger partial charge is 0.506 e. The van der Waals surface area contributed by atoms with Crippen LogP contribution in [0.2, 0.25) is 0 Å². The molecule has 0 saturated heterocycles. The van der Waals surface area contributed by atoms with Gasteiger partial charge in [0.1, 0.15) is 5.75 Å². The van der Waals surface area contributed by atoms with Crippen LogP contribution in [0.5, 0.6) is 5.75 Å². The first-order valence-electron chi connectivity index (χ1n) is 6.66. The van der Waals surface area contributed by atoms with Crippen molar-refractivity contribution in [2.75, 3.05) is 5.32 Å². The molecule has 0 saturated carbocycles. The van der Waals surface area contributed by atoms with Gasteiger partial charge in [-0.3, -0.25) is 4.98 Å². The Labute approximate surface area is 114 Å². The molecule has 1 unspecified atom stereocenters. The minimum Gasteiger partial charge on any atom is -0.506 e. The molecule has 0 amide bonds. The highest BCUT2D eigenvalue weighted by atomic mass is 16.3. The smallest absolute Gasteiger partial charge is 0.133 e. The van der Waals surface area contributed by atoms with E-state index < -0.39 is 0 Å². The van der Waals surface area contributed by atoms with Crippen LogP contribution in [0, 0.1) is 0 Å². The van der Waals surface area contributed by atoms with Crippen molar-refractivity contribution in [3.63, 3.8) is 0 Å². The van der Waals surface area contributed by atoms with Gasteiger partial charge in [0.05, 0.1) is 18.4 Å². The summed E-state index contributed by atoms with van der Waals surface area (Å²) in [4.78, 5) is 4.14. The van der Waals surface area contributed by atoms with Crippen molar-refractivity contribution in [3.05, 3.63) is 53.9 Å². The fourth-order valence-corrected chi connectivity index (χ4v) is 1.88. The summed E-state index contributed by atoms with van der Waals surface area (Å²) >= 11 is 0. The monoisotopic (exact) mass is 256 g/mol. The zero-order valence-corrected chi connectivity index (χ0v) is 11.4. The Kier molecular flexibility index (Phi) is 4.39. The quantitative estimate of drug-likeness (QED) is 0.852. The summed E-state index contributed by atoms with van der Waals surface area (Å²) in [5.74, 6) is 0.800. The van der Waals surface area contributed by atoms with Crippen molar-refractivity contribution >= 4 is 5.69 Å². The molecule has 0 fully saturated rings. The molecule has 1 aromatic heterocycles. The molecule has 0 aliphatic rings. The van der Waals surface area contributed by atoms with E-state index in [-0.39, 0.29) is 5.75 Å². The van der Waals surface area contributed by atoms with Gasteiger partial charge < -0.3 is 10.4 Å². The molecular weight excluding hydrogens is 236 g/mol. The van der Waals surface area contributed by atoms with Crippen LogP contribution >= 0.6 is 0 Å². The normalized spacial score (nSPS) is 12.1. The number of anilines is 1. The SMILES string of the molecule is CCC(C)c1ccc(NCc2ccc(O)cn2)cc1. The molecule has 2 N–H and O–H groups in total. The van der Waals surface area contributed by atoms with Gasteiger partial charge in [-0.2, -0.15) is 0 Å². The van der Waals surface area contributed by atoms with Gasteiger partial charge in [-0.25, -0.2) is 0 Å². The first-order chi connectivity index (χ1) is 9.19. The van der Waals surface area contributed by atoms with Gasteiger partial charge in [0.15, 0.2) is 0 Å². The van der Waals surface area contributed by atoms with Crippen LogP contribution in [0.25, 0.3) is 0 Å². The molecule has 0 aliphatic heterocycles. The van der Waals surface area contributed by atoms with Crippen molar-refractivity contribution in [1.82, 2.24) is 4.98 Å². The highest BCUT2D eigenvalue weighted by Gasteiger charge is 2.02. The predicted octanol–water partition coefficient (Wildman–Crippen LogP) is 3.91. The van der Waals surface area contributed by atoms with Crippen LogP contribution in [0.1, 0.15) is 37.4 Å². The van der Waals surface area contributed by atoms with E-state index >= 15 is 0 Å². The Morgan fingerprint density at radius 1 is 1.16 bits per heavy atom. The van der Waals surface area contributed by atoms with Crippen LogP contribution in [-0.4, -0.2) is 10.1 Å². The predicted molar refractivity (Wildman–Crippen MR) is 78.4 cm³/mol. The molecular formula is C16H20N2O. The van der Waals surface area contributed by atoms with Crippen LogP contribution in [0.15, 0.2) is 42.6 Å². The number of hydrogen-bond acceptors (Lipinski definition) is 3. The van der Waals surface area contributed by atoms with E-state index in [0.29, 0.717) is 12.5 Å². The van der Waals surface area contributed by atoms with Crippen molar-refractivity contribution in [2.45, 2.75) is 32.7 Å². The summed E-state index contributed by atoms with van der Waals surface area (Å²) in [6.07, 6.45) is 2.62. The second-order valence-corrected chi connectivity index (χ2v) is 4.79.